The number of sulfone groups is 1. The molecule has 0 radical (unpaired) electrons. The lowest BCUT2D eigenvalue weighted by Crippen LogP contribution is -2.37. The van der Waals surface area contributed by atoms with Crippen molar-refractivity contribution >= 4 is 15.5 Å². The first kappa shape index (κ1) is 18.0. The first-order valence-electron chi connectivity index (χ1n) is 7.04. The van der Waals surface area contributed by atoms with Gasteiger partial charge in [0.25, 0.3) is 9.84 Å². The standard InChI is InChI=1S/C14H18F3NO4S/c1-21-9-12(13-3-2-8-22-13)18-10-4-6-11(7-5-10)23(19,20)14(15,16)17/h4-7,12-13,18H,2-3,8-9H2,1H3/t12-,13-/m0/s1. The zero-order valence-electron chi connectivity index (χ0n) is 12.5. The molecule has 0 saturated carbocycles. The van der Waals surface area contributed by atoms with Crippen LogP contribution in [0.25, 0.3) is 0 Å². The first-order chi connectivity index (χ1) is 10.8. The van der Waals surface area contributed by atoms with Crippen LogP contribution in [0.1, 0.15) is 12.8 Å². The highest BCUT2D eigenvalue weighted by molar-refractivity contribution is 7.92. The van der Waals surface area contributed by atoms with Crippen molar-refractivity contribution in [3.05, 3.63) is 24.3 Å². The van der Waals surface area contributed by atoms with E-state index in [1.54, 1.807) is 7.11 Å². The van der Waals surface area contributed by atoms with Crippen LogP contribution in [0.5, 0.6) is 0 Å². The lowest BCUT2D eigenvalue weighted by atomic mass is 10.1. The predicted octanol–water partition coefficient (Wildman–Crippen LogP) is 2.59. The molecule has 1 aromatic carbocycles. The highest BCUT2D eigenvalue weighted by atomic mass is 32.2. The van der Waals surface area contributed by atoms with Gasteiger partial charge in [-0.05, 0) is 37.1 Å². The summed E-state index contributed by atoms with van der Waals surface area (Å²) >= 11 is 0. The van der Waals surface area contributed by atoms with Crippen LogP contribution >= 0.6 is 0 Å². The van der Waals surface area contributed by atoms with Crippen molar-refractivity contribution in [2.45, 2.75) is 35.4 Å². The number of nitrogens with one attached hydrogen (secondary N) is 1. The lowest BCUT2D eigenvalue weighted by molar-refractivity contribution is -0.0436. The van der Waals surface area contributed by atoms with Gasteiger partial charge in [0, 0.05) is 19.4 Å². The minimum absolute atomic E-state index is 0.0477. The number of alkyl halides is 3. The van der Waals surface area contributed by atoms with Gasteiger partial charge in [-0.2, -0.15) is 13.2 Å². The van der Waals surface area contributed by atoms with Gasteiger partial charge < -0.3 is 14.8 Å². The summed E-state index contributed by atoms with van der Waals surface area (Å²) in [6.45, 7) is 1.03. The van der Waals surface area contributed by atoms with Gasteiger partial charge >= 0.3 is 5.51 Å². The molecule has 0 bridgehead atoms. The Hall–Kier alpha value is -1.32. The summed E-state index contributed by atoms with van der Waals surface area (Å²) in [5.74, 6) is 0. The largest absolute Gasteiger partial charge is 0.501 e. The quantitative estimate of drug-likeness (QED) is 0.852. The molecule has 130 valence electrons. The number of anilines is 1. The smallest absolute Gasteiger partial charge is 0.382 e. The van der Waals surface area contributed by atoms with E-state index in [4.69, 9.17) is 9.47 Å². The Morgan fingerprint density at radius 2 is 2.00 bits per heavy atom. The molecule has 0 unspecified atom stereocenters. The van der Waals surface area contributed by atoms with E-state index in [2.05, 4.69) is 5.32 Å². The van der Waals surface area contributed by atoms with Gasteiger partial charge in [-0.1, -0.05) is 0 Å². The molecule has 0 aliphatic carbocycles. The maximum absolute atomic E-state index is 12.5. The van der Waals surface area contributed by atoms with Crippen molar-refractivity contribution in [1.29, 1.82) is 0 Å². The van der Waals surface area contributed by atoms with Crippen LogP contribution in [0.4, 0.5) is 18.9 Å². The van der Waals surface area contributed by atoms with Crippen molar-refractivity contribution in [1.82, 2.24) is 0 Å². The third-order valence-corrected chi connectivity index (χ3v) is 5.08. The van der Waals surface area contributed by atoms with Crippen molar-refractivity contribution in [2.75, 3.05) is 25.6 Å². The van der Waals surface area contributed by atoms with Crippen LogP contribution in [0.2, 0.25) is 0 Å². The van der Waals surface area contributed by atoms with Crippen LogP contribution in [0, 0.1) is 0 Å². The Balaban J connectivity index is 2.12. The molecule has 1 aliphatic heterocycles. The maximum atomic E-state index is 12.5. The topological polar surface area (TPSA) is 64.6 Å². The average Bonchev–Trinajstić information content (AvgIpc) is 3.00. The molecule has 1 fully saturated rings. The molecule has 2 rings (SSSR count). The Labute approximate surface area is 132 Å². The van der Waals surface area contributed by atoms with E-state index >= 15 is 0 Å². The molecular formula is C14H18F3NO4S. The fourth-order valence-electron chi connectivity index (χ4n) is 2.42. The molecule has 1 aliphatic rings. The molecule has 9 heteroatoms. The second-order valence-corrected chi connectivity index (χ2v) is 7.17. The summed E-state index contributed by atoms with van der Waals surface area (Å²) < 4.78 is 70.8. The van der Waals surface area contributed by atoms with Gasteiger partial charge in [0.1, 0.15) is 0 Å². The summed E-state index contributed by atoms with van der Waals surface area (Å²) in [5, 5.41) is 3.11. The van der Waals surface area contributed by atoms with E-state index in [9.17, 15) is 21.6 Å². The summed E-state index contributed by atoms with van der Waals surface area (Å²) in [6, 6.07) is 4.31. The molecule has 0 amide bonds. The number of benzene rings is 1. The molecule has 0 spiro atoms. The number of hydrogen-bond acceptors (Lipinski definition) is 5. The number of halogens is 3. The van der Waals surface area contributed by atoms with Crippen LogP contribution in [-0.4, -0.2) is 46.4 Å². The SMILES string of the molecule is COC[C@H](Nc1ccc(S(=O)(=O)C(F)(F)F)cc1)[C@@H]1CCCO1. The molecule has 23 heavy (non-hydrogen) atoms. The number of rotatable bonds is 6. The van der Waals surface area contributed by atoms with E-state index < -0.39 is 20.2 Å². The van der Waals surface area contributed by atoms with E-state index in [0.717, 1.165) is 25.0 Å². The predicted molar refractivity (Wildman–Crippen MR) is 77.9 cm³/mol. The molecule has 2 atom stereocenters. The Kier molecular flexibility index (Phi) is 5.53. The van der Waals surface area contributed by atoms with Gasteiger partial charge in [0.15, 0.2) is 0 Å². The molecule has 1 saturated heterocycles. The second kappa shape index (κ2) is 7.06. The molecular weight excluding hydrogens is 335 g/mol. The maximum Gasteiger partial charge on any atom is 0.501 e. The highest BCUT2D eigenvalue weighted by Crippen LogP contribution is 2.31. The van der Waals surface area contributed by atoms with Gasteiger partial charge in [-0.3, -0.25) is 0 Å². The van der Waals surface area contributed by atoms with Crippen LogP contribution in [0.15, 0.2) is 29.2 Å². The molecule has 1 heterocycles. The Bertz CT molecular complexity index is 610. The van der Waals surface area contributed by atoms with Crippen LogP contribution < -0.4 is 5.32 Å². The molecule has 5 nitrogen and oxygen atoms in total. The third kappa shape index (κ3) is 4.15. The van der Waals surface area contributed by atoms with Gasteiger partial charge in [0.2, 0.25) is 0 Å². The van der Waals surface area contributed by atoms with E-state index in [1.165, 1.54) is 12.1 Å². The van der Waals surface area contributed by atoms with Crippen LogP contribution in [0.3, 0.4) is 0 Å². The summed E-state index contributed by atoms with van der Waals surface area (Å²) in [5.41, 5.74) is -4.80. The van der Waals surface area contributed by atoms with E-state index in [1.807, 2.05) is 0 Å². The van der Waals surface area contributed by atoms with Crippen molar-refractivity contribution in [3.8, 4) is 0 Å². The zero-order chi connectivity index (χ0) is 17.1. The number of methoxy groups -OCH3 is 1. The fraction of sp³-hybridized carbons (Fsp3) is 0.571. The third-order valence-electron chi connectivity index (χ3n) is 3.58. The minimum atomic E-state index is -5.32. The normalized spacial score (nSPS) is 20.4. The first-order valence-corrected chi connectivity index (χ1v) is 8.52. The monoisotopic (exact) mass is 353 g/mol. The van der Waals surface area contributed by atoms with E-state index in [-0.39, 0.29) is 12.1 Å². The second-order valence-electron chi connectivity index (χ2n) is 5.23. The van der Waals surface area contributed by atoms with Crippen molar-refractivity contribution in [2.24, 2.45) is 0 Å². The summed E-state index contributed by atoms with van der Waals surface area (Å²) in [6.07, 6.45) is 1.75. The molecule has 1 aromatic rings. The van der Waals surface area contributed by atoms with Gasteiger partial charge in [-0.15, -0.1) is 0 Å². The van der Waals surface area contributed by atoms with Gasteiger partial charge in [0.05, 0.1) is 23.6 Å². The highest BCUT2D eigenvalue weighted by Gasteiger charge is 2.46. The summed E-state index contributed by atoms with van der Waals surface area (Å²) in [7, 11) is -3.78. The van der Waals surface area contributed by atoms with Crippen molar-refractivity contribution in [3.63, 3.8) is 0 Å². The van der Waals surface area contributed by atoms with Crippen molar-refractivity contribution < 1.29 is 31.1 Å². The Morgan fingerprint density at radius 1 is 1.35 bits per heavy atom. The summed E-state index contributed by atoms with van der Waals surface area (Å²) in [4.78, 5) is -0.782. The molecule has 1 N–H and O–H groups in total. The van der Waals surface area contributed by atoms with E-state index in [0.29, 0.717) is 18.9 Å². The zero-order valence-corrected chi connectivity index (χ0v) is 13.3. The Morgan fingerprint density at radius 3 is 2.48 bits per heavy atom. The molecule has 0 aromatic heterocycles. The van der Waals surface area contributed by atoms with Crippen LogP contribution in [-0.2, 0) is 19.3 Å². The number of hydrogen-bond donors (Lipinski definition) is 1. The number of ether oxygens (including phenoxy) is 2. The minimum Gasteiger partial charge on any atom is -0.382 e. The average molecular weight is 353 g/mol. The fourth-order valence-corrected chi connectivity index (χ4v) is 3.18. The van der Waals surface area contributed by atoms with Gasteiger partial charge in [-0.25, -0.2) is 8.42 Å². The lowest BCUT2D eigenvalue weighted by Gasteiger charge is -2.24.